The number of halogens is 1. The molecule has 3 heteroatoms. The Morgan fingerprint density at radius 2 is 1.52 bits per heavy atom. The van der Waals surface area contributed by atoms with Crippen LogP contribution in [0.3, 0.4) is 0 Å². The third kappa shape index (κ3) is 2.98. The van der Waals surface area contributed by atoms with Crippen LogP contribution in [0.4, 0.5) is 0 Å². The van der Waals surface area contributed by atoms with Crippen LogP contribution in [0.15, 0.2) is 82.1 Å². The summed E-state index contributed by atoms with van der Waals surface area (Å²) in [6.07, 6.45) is 0. The maximum Gasteiger partial charge on any atom is 0.251 e. The summed E-state index contributed by atoms with van der Waals surface area (Å²) < 4.78 is 2.81. The second kappa shape index (κ2) is 6.10. The summed E-state index contributed by atoms with van der Waals surface area (Å²) in [4.78, 5) is 12.3. The van der Waals surface area contributed by atoms with Crippen LogP contribution in [0, 0.1) is 0 Å². The van der Waals surface area contributed by atoms with Gasteiger partial charge in [0.1, 0.15) is 0 Å². The van der Waals surface area contributed by atoms with Gasteiger partial charge in [0.25, 0.3) is 5.56 Å². The summed E-state index contributed by atoms with van der Waals surface area (Å²) >= 11 is 3.54. The third-order valence-electron chi connectivity index (χ3n) is 3.41. The molecule has 0 aliphatic carbocycles. The molecule has 0 saturated heterocycles. The van der Waals surface area contributed by atoms with Crippen molar-refractivity contribution in [3.8, 4) is 11.3 Å². The molecular weight excluding hydrogens is 326 g/mol. The van der Waals surface area contributed by atoms with E-state index in [1.54, 1.807) is 16.7 Å². The molecule has 0 bridgehead atoms. The molecule has 3 aromatic rings. The largest absolute Gasteiger partial charge is 0.304 e. The molecule has 0 saturated carbocycles. The molecular formula is C18H14BrNO. The summed E-state index contributed by atoms with van der Waals surface area (Å²) in [5.74, 6) is 0. The normalized spacial score (nSPS) is 10.5. The maximum atomic E-state index is 12.3. The second-order valence-corrected chi connectivity index (χ2v) is 5.65. The van der Waals surface area contributed by atoms with Gasteiger partial charge in [-0.1, -0.05) is 70.5 Å². The summed E-state index contributed by atoms with van der Waals surface area (Å²) in [7, 11) is 0. The van der Waals surface area contributed by atoms with Crippen LogP contribution in [0.1, 0.15) is 5.56 Å². The summed E-state index contributed by atoms with van der Waals surface area (Å²) in [5, 5.41) is 0. The van der Waals surface area contributed by atoms with E-state index in [-0.39, 0.29) is 5.56 Å². The average Bonchev–Trinajstić information content (AvgIpc) is 2.52. The van der Waals surface area contributed by atoms with Crippen LogP contribution < -0.4 is 5.56 Å². The molecule has 0 N–H and O–H groups in total. The molecule has 0 spiro atoms. The molecule has 0 fully saturated rings. The van der Waals surface area contributed by atoms with Crippen molar-refractivity contribution in [3.05, 3.63) is 93.2 Å². The maximum absolute atomic E-state index is 12.3. The van der Waals surface area contributed by atoms with Gasteiger partial charge in [0, 0.05) is 10.5 Å². The Balaban J connectivity index is 2.11. The SMILES string of the molecule is O=c1cccc(-c2ccccc2)n1Cc1ccccc1Br. The lowest BCUT2D eigenvalue weighted by Gasteiger charge is -2.13. The van der Waals surface area contributed by atoms with Crippen molar-refractivity contribution in [2.45, 2.75) is 6.54 Å². The highest BCUT2D eigenvalue weighted by Gasteiger charge is 2.08. The van der Waals surface area contributed by atoms with E-state index in [9.17, 15) is 4.79 Å². The molecule has 0 aliphatic rings. The van der Waals surface area contributed by atoms with E-state index in [4.69, 9.17) is 0 Å². The number of pyridine rings is 1. The van der Waals surface area contributed by atoms with Crippen LogP contribution in [-0.4, -0.2) is 4.57 Å². The number of rotatable bonds is 3. The van der Waals surface area contributed by atoms with Gasteiger partial charge < -0.3 is 4.57 Å². The van der Waals surface area contributed by atoms with Crippen LogP contribution in [0.25, 0.3) is 11.3 Å². The van der Waals surface area contributed by atoms with Crippen molar-refractivity contribution >= 4 is 15.9 Å². The monoisotopic (exact) mass is 339 g/mol. The number of hydrogen-bond acceptors (Lipinski definition) is 1. The first-order chi connectivity index (χ1) is 10.3. The molecule has 2 aromatic carbocycles. The Morgan fingerprint density at radius 1 is 0.810 bits per heavy atom. The minimum Gasteiger partial charge on any atom is -0.304 e. The Labute approximate surface area is 131 Å². The highest BCUT2D eigenvalue weighted by Crippen LogP contribution is 2.21. The summed E-state index contributed by atoms with van der Waals surface area (Å²) in [5.41, 5.74) is 3.07. The molecule has 0 amide bonds. The van der Waals surface area contributed by atoms with Gasteiger partial charge in [-0.05, 0) is 23.3 Å². The number of benzene rings is 2. The number of hydrogen-bond donors (Lipinski definition) is 0. The predicted octanol–water partition coefficient (Wildman–Crippen LogP) is 4.33. The second-order valence-electron chi connectivity index (χ2n) is 4.79. The Bertz CT molecular complexity index is 809. The lowest BCUT2D eigenvalue weighted by molar-refractivity contribution is 0.766. The molecule has 104 valence electrons. The van der Waals surface area contributed by atoms with Crippen molar-refractivity contribution in [3.63, 3.8) is 0 Å². The van der Waals surface area contributed by atoms with E-state index >= 15 is 0 Å². The molecule has 1 aromatic heterocycles. The van der Waals surface area contributed by atoms with Gasteiger partial charge in [0.15, 0.2) is 0 Å². The standard InChI is InChI=1S/C18H14BrNO/c19-16-10-5-4-9-15(16)13-20-17(11-6-12-18(20)21)14-7-2-1-3-8-14/h1-12H,13H2. The van der Waals surface area contributed by atoms with Crippen molar-refractivity contribution < 1.29 is 0 Å². The molecule has 0 atom stereocenters. The fourth-order valence-electron chi connectivity index (χ4n) is 2.34. The van der Waals surface area contributed by atoms with Gasteiger partial charge in [-0.2, -0.15) is 0 Å². The van der Waals surface area contributed by atoms with E-state index in [1.807, 2.05) is 60.7 Å². The molecule has 1 heterocycles. The Morgan fingerprint density at radius 3 is 2.29 bits per heavy atom. The first-order valence-electron chi connectivity index (χ1n) is 6.74. The lowest BCUT2D eigenvalue weighted by Crippen LogP contribution is -2.21. The first-order valence-corrected chi connectivity index (χ1v) is 7.54. The van der Waals surface area contributed by atoms with Crippen LogP contribution in [0.2, 0.25) is 0 Å². The van der Waals surface area contributed by atoms with Gasteiger partial charge >= 0.3 is 0 Å². The van der Waals surface area contributed by atoms with E-state index in [0.29, 0.717) is 6.54 Å². The number of nitrogens with zero attached hydrogens (tertiary/aromatic N) is 1. The molecule has 0 unspecified atom stereocenters. The van der Waals surface area contributed by atoms with Gasteiger partial charge in [0.05, 0.1) is 12.2 Å². The highest BCUT2D eigenvalue weighted by molar-refractivity contribution is 9.10. The Kier molecular flexibility index (Phi) is 4.02. The predicted molar refractivity (Wildman–Crippen MR) is 89.4 cm³/mol. The molecule has 0 radical (unpaired) electrons. The van der Waals surface area contributed by atoms with Crippen molar-refractivity contribution in [1.82, 2.24) is 4.57 Å². The average molecular weight is 340 g/mol. The minimum absolute atomic E-state index is 0.00658. The third-order valence-corrected chi connectivity index (χ3v) is 4.18. The number of aromatic nitrogens is 1. The minimum atomic E-state index is 0.00658. The smallest absolute Gasteiger partial charge is 0.251 e. The van der Waals surface area contributed by atoms with Crippen molar-refractivity contribution in [2.75, 3.05) is 0 Å². The van der Waals surface area contributed by atoms with E-state index in [0.717, 1.165) is 21.3 Å². The zero-order valence-corrected chi connectivity index (χ0v) is 13.0. The van der Waals surface area contributed by atoms with Gasteiger partial charge in [0.2, 0.25) is 0 Å². The van der Waals surface area contributed by atoms with Crippen LogP contribution >= 0.6 is 15.9 Å². The van der Waals surface area contributed by atoms with Crippen LogP contribution in [0.5, 0.6) is 0 Å². The molecule has 2 nitrogen and oxygen atoms in total. The van der Waals surface area contributed by atoms with Crippen molar-refractivity contribution in [2.24, 2.45) is 0 Å². The zero-order valence-electron chi connectivity index (χ0n) is 11.4. The Hall–Kier alpha value is -2.13. The molecule has 21 heavy (non-hydrogen) atoms. The van der Waals surface area contributed by atoms with E-state index in [2.05, 4.69) is 15.9 Å². The summed E-state index contributed by atoms with van der Waals surface area (Å²) in [6.45, 7) is 0.547. The van der Waals surface area contributed by atoms with Crippen molar-refractivity contribution in [1.29, 1.82) is 0 Å². The van der Waals surface area contributed by atoms with Gasteiger partial charge in [-0.15, -0.1) is 0 Å². The quantitative estimate of drug-likeness (QED) is 0.696. The zero-order chi connectivity index (χ0) is 14.7. The van der Waals surface area contributed by atoms with Gasteiger partial charge in [-0.25, -0.2) is 0 Å². The highest BCUT2D eigenvalue weighted by atomic mass is 79.9. The van der Waals surface area contributed by atoms with Crippen LogP contribution in [-0.2, 0) is 6.54 Å². The first kappa shape index (κ1) is 13.8. The van der Waals surface area contributed by atoms with E-state index in [1.165, 1.54) is 0 Å². The lowest BCUT2D eigenvalue weighted by atomic mass is 10.1. The fourth-order valence-corrected chi connectivity index (χ4v) is 2.75. The topological polar surface area (TPSA) is 22.0 Å². The van der Waals surface area contributed by atoms with E-state index < -0.39 is 0 Å². The van der Waals surface area contributed by atoms with Gasteiger partial charge in [-0.3, -0.25) is 4.79 Å². The molecule has 3 rings (SSSR count). The summed E-state index contributed by atoms with van der Waals surface area (Å²) in [6, 6.07) is 23.3. The molecule has 0 aliphatic heterocycles. The fraction of sp³-hybridized carbons (Fsp3) is 0.0556.